The Bertz CT molecular complexity index is 762. The number of benzene rings is 1. The summed E-state index contributed by atoms with van der Waals surface area (Å²) in [4.78, 5) is 4.59. The Labute approximate surface area is 124 Å². The van der Waals surface area contributed by atoms with Crippen molar-refractivity contribution >= 4 is 39.0 Å². The van der Waals surface area contributed by atoms with Gasteiger partial charge in [-0.25, -0.2) is 4.98 Å². The van der Waals surface area contributed by atoms with Crippen LogP contribution < -0.4 is 5.73 Å². The molecule has 0 atom stereocenters. The summed E-state index contributed by atoms with van der Waals surface area (Å²) in [7, 11) is 0. The highest BCUT2D eigenvalue weighted by atomic mass is 79.9. The van der Waals surface area contributed by atoms with Gasteiger partial charge >= 0.3 is 0 Å². The number of pyridine rings is 1. The zero-order chi connectivity index (χ0) is 13.6. The number of rotatable bonds is 1. The van der Waals surface area contributed by atoms with Gasteiger partial charge in [-0.15, -0.1) is 0 Å². The van der Waals surface area contributed by atoms with Crippen molar-refractivity contribution in [1.29, 1.82) is 0 Å². The van der Waals surface area contributed by atoms with Crippen LogP contribution in [0.4, 0.5) is 5.82 Å². The van der Waals surface area contributed by atoms with E-state index >= 15 is 0 Å². The minimum atomic E-state index is 0.623. The van der Waals surface area contributed by atoms with Crippen LogP contribution in [0.15, 0.2) is 41.0 Å². The molecule has 0 bridgehead atoms. The maximum Gasteiger partial charge on any atom is 0.139 e. The summed E-state index contributed by atoms with van der Waals surface area (Å²) in [5.41, 5.74) is 9.87. The van der Waals surface area contributed by atoms with Crippen LogP contribution in [0.25, 0.3) is 16.9 Å². The summed E-state index contributed by atoms with van der Waals surface area (Å²) in [6.45, 7) is 2.02. The smallest absolute Gasteiger partial charge is 0.139 e. The van der Waals surface area contributed by atoms with E-state index in [0.29, 0.717) is 10.8 Å². The number of nitrogens with two attached hydrogens (primary N) is 1. The Balaban J connectivity index is 2.25. The summed E-state index contributed by atoms with van der Waals surface area (Å²) in [5.74, 6) is 0.623. The van der Waals surface area contributed by atoms with Gasteiger partial charge in [0.1, 0.15) is 17.2 Å². The number of hydrogen-bond acceptors (Lipinski definition) is 2. The van der Waals surface area contributed by atoms with Gasteiger partial charge in [-0.1, -0.05) is 23.7 Å². The Morgan fingerprint density at radius 1 is 1.26 bits per heavy atom. The largest absolute Gasteiger partial charge is 0.383 e. The van der Waals surface area contributed by atoms with Crippen LogP contribution in [-0.4, -0.2) is 9.38 Å². The lowest BCUT2D eigenvalue weighted by molar-refractivity contribution is 1.16. The van der Waals surface area contributed by atoms with Crippen LogP contribution in [0.3, 0.4) is 0 Å². The zero-order valence-electron chi connectivity index (χ0n) is 10.2. The van der Waals surface area contributed by atoms with Crippen LogP contribution in [0.2, 0.25) is 5.02 Å². The van der Waals surface area contributed by atoms with Crippen molar-refractivity contribution in [1.82, 2.24) is 9.38 Å². The molecule has 0 spiro atoms. The molecule has 2 N–H and O–H groups in total. The quantitative estimate of drug-likeness (QED) is 0.719. The van der Waals surface area contributed by atoms with E-state index in [0.717, 1.165) is 26.9 Å². The number of hydrogen-bond donors (Lipinski definition) is 1. The van der Waals surface area contributed by atoms with Crippen LogP contribution in [-0.2, 0) is 0 Å². The third-order valence-corrected chi connectivity index (χ3v) is 4.14. The lowest BCUT2D eigenvalue weighted by Gasteiger charge is -2.01. The highest BCUT2D eigenvalue weighted by Gasteiger charge is 2.12. The van der Waals surface area contributed by atoms with Gasteiger partial charge in [-0.3, -0.25) is 4.40 Å². The minimum absolute atomic E-state index is 0.623. The van der Waals surface area contributed by atoms with Crippen molar-refractivity contribution in [3.63, 3.8) is 0 Å². The molecule has 2 aromatic heterocycles. The average molecular weight is 337 g/mol. The predicted octanol–water partition coefficient (Wildman–Crippen LogP) is 4.31. The summed E-state index contributed by atoms with van der Waals surface area (Å²) in [5, 5.41) is 0.699. The SMILES string of the molecule is Cc1cc2nc(-c3ccc(Cl)cc3)c(N)n2cc1Br. The van der Waals surface area contributed by atoms with Gasteiger partial charge < -0.3 is 5.73 Å². The fourth-order valence-electron chi connectivity index (χ4n) is 2.00. The molecular formula is C14H11BrClN3. The van der Waals surface area contributed by atoms with E-state index in [9.17, 15) is 0 Å². The Kier molecular flexibility index (Phi) is 2.99. The number of halogens is 2. The number of nitrogen functional groups attached to an aromatic ring is 1. The fourth-order valence-corrected chi connectivity index (χ4v) is 2.44. The average Bonchev–Trinajstić information content (AvgIpc) is 2.69. The van der Waals surface area contributed by atoms with E-state index in [1.165, 1.54) is 0 Å². The molecule has 3 nitrogen and oxygen atoms in total. The van der Waals surface area contributed by atoms with Crippen LogP contribution in [0.1, 0.15) is 5.56 Å². The number of imidazole rings is 1. The Hall–Kier alpha value is -1.52. The molecule has 96 valence electrons. The highest BCUT2D eigenvalue weighted by molar-refractivity contribution is 9.10. The third kappa shape index (κ3) is 2.11. The molecule has 0 saturated carbocycles. The Morgan fingerprint density at radius 2 is 1.95 bits per heavy atom. The molecule has 1 aromatic carbocycles. The Morgan fingerprint density at radius 3 is 2.63 bits per heavy atom. The maximum atomic E-state index is 6.17. The number of anilines is 1. The standard InChI is InChI=1S/C14H11BrClN3/c1-8-6-12-18-13(9-2-4-10(16)5-3-9)14(17)19(12)7-11(8)15/h2-7H,17H2,1H3. The van der Waals surface area contributed by atoms with Crippen LogP contribution in [0.5, 0.6) is 0 Å². The molecule has 0 aliphatic carbocycles. The van der Waals surface area contributed by atoms with E-state index in [4.69, 9.17) is 17.3 Å². The molecule has 3 rings (SSSR count). The summed E-state index contributed by atoms with van der Waals surface area (Å²) in [6, 6.07) is 9.51. The van der Waals surface area contributed by atoms with E-state index in [-0.39, 0.29) is 0 Å². The first-order valence-electron chi connectivity index (χ1n) is 5.76. The second-order valence-electron chi connectivity index (χ2n) is 4.39. The number of nitrogens with zero attached hydrogens (tertiary/aromatic N) is 2. The summed E-state index contributed by atoms with van der Waals surface area (Å²) >= 11 is 9.40. The van der Waals surface area contributed by atoms with Crippen molar-refractivity contribution in [3.8, 4) is 11.3 Å². The first-order chi connectivity index (χ1) is 9.06. The van der Waals surface area contributed by atoms with E-state index in [1.807, 2.05) is 47.9 Å². The van der Waals surface area contributed by atoms with Crippen LogP contribution >= 0.6 is 27.5 Å². The lowest BCUT2D eigenvalue weighted by Crippen LogP contribution is -1.94. The molecule has 3 aromatic rings. The first kappa shape index (κ1) is 12.5. The van der Waals surface area contributed by atoms with Crippen molar-refractivity contribution in [3.05, 3.63) is 51.6 Å². The predicted molar refractivity (Wildman–Crippen MR) is 82.5 cm³/mol. The normalized spacial score (nSPS) is 11.1. The topological polar surface area (TPSA) is 43.3 Å². The summed E-state index contributed by atoms with van der Waals surface area (Å²) < 4.78 is 2.88. The number of aromatic nitrogens is 2. The van der Waals surface area contributed by atoms with Crippen molar-refractivity contribution in [2.75, 3.05) is 5.73 Å². The molecule has 19 heavy (non-hydrogen) atoms. The summed E-state index contributed by atoms with van der Waals surface area (Å²) in [6.07, 6.45) is 1.94. The highest BCUT2D eigenvalue weighted by Crippen LogP contribution is 2.29. The van der Waals surface area contributed by atoms with Crippen molar-refractivity contribution < 1.29 is 0 Å². The van der Waals surface area contributed by atoms with E-state index < -0.39 is 0 Å². The minimum Gasteiger partial charge on any atom is -0.383 e. The van der Waals surface area contributed by atoms with Gasteiger partial charge in [-0.05, 0) is 46.6 Å². The fraction of sp³-hybridized carbons (Fsp3) is 0.0714. The number of fused-ring (bicyclic) bond motifs is 1. The van der Waals surface area contributed by atoms with Gasteiger partial charge in [0.25, 0.3) is 0 Å². The number of aryl methyl sites for hydroxylation is 1. The maximum absolute atomic E-state index is 6.17. The van der Waals surface area contributed by atoms with Gasteiger partial charge in [-0.2, -0.15) is 0 Å². The third-order valence-electron chi connectivity index (χ3n) is 3.06. The molecule has 0 aliphatic rings. The first-order valence-corrected chi connectivity index (χ1v) is 6.93. The van der Waals surface area contributed by atoms with Gasteiger partial charge in [0.2, 0.25) is 0 Å². The van der Waals surface area contributed by atoms with Gasteiger partial charge in [0.15, 0.2) is 0 Å². The molecular weight excluding hydrogens is 326 g/mol. The molecule has 5 heteroatoms. The second kappa shape index (κ2) is 4.54. The molecule has 0 amide bonds. The zero-order valence-corrected chi connectivity index (χ0v) is 12.5. The molecule has 0 radical (unpaired) electrons. The monoisotopic (exact) mass is 335 g/mol. The molecule has 0 saturated heterocycles. The molecule has 0 unspecified atom stereocenters. The lowest BCUT2D eigenvalue weighted by atomic mass is 10.1. The van der Waals surface area contributed by atoms with E-state index in [1.54, 1.807) is 0 Å². The second-order valence-corrected chi connectivity index (χ2v) is 5.68. The van der Waals surface area contributed by atoms with E-state index in [2.05, 4.69) is 20.9 Å². The molecule has 2 heterocycles. The van der Waals surface area contributed by atoms with Gasteiger partial charge in [0, 0.05) is 21.3 Å². The van der Waals surface area contributed by atoms with Crippen LogP contribution in [0, 0.1) is 6.92 Å². The van der Waals surface area contributed by atoms with Gasteiger partial charge in [0.05, 0.1) is 0 Å². The van der Waals surface area contributed by atoms with Crippen molar-refractivity contribution in [2.24, 2.45) is 0 Å². The van der Waals surface area contributed by atoms with Crippen molar-refractivity contribution in [2.45, 2.75) is 6.92 Å². The molecule has 0 aliphatic heterocycles. The molecule has 0 fully saturated rings.